The minimum atomic E-state index is -0.280. The van der Waals surface area contributed by atoms with Crippen molar-refractivity contribution in [2.24, 2.45) is 0 Å². The molecule has 0 fully saturated rings. The highest BCUT2D eigenvalue weighted by Crippen LogP contribution is 2.22. The highest BCUT2D eigenvalue weighted by molar-refractivity contribution is 8.00. The zero-order valence-electron chi connectivity index (χ0n) is 14.1. The molecule has 4 nitrogen and oxygen atoms in total. The van der Waals surface area contributed by atoms with Crippen LogP contribution in [0.2, 0.25) is 0 Å². The number of thioether (sulfide) groups is 1. The Labute approximate surface area is 156 Å². The van der Waals surface area contributed by atoms with Gasteiger partial charge in [-0.25, -0.2) is 4.39 Å². The first-order chi connectivity index (χ1) is 11.9. The van der Waals surface area contributed by atoms with Gasteiger partial charge in [0.05, 0.1) is 5.75 Å². The Morgan fingerprint density at radius 3 is 2.52 bits per heavy atom. The lowest BCUT2D eigenvalue weighted by atomic mass is 10.2. The minimum absolute atomic E-state index is 0.170. The third-order valence-corrected chi connectivity index (χ3v) is 4.79. The summed E-state index contributed by atoms with van der Waals surface area (Å²) in [5.74, 6) is -0.161. The summed E-state index contributed by atoms with van der Waals surface area (Å²) >= 11 is 6.57. The highest BCUT2D eigenvalue weighted by atomic mass is 32.2. The lowest BCUT2D eigenvalue weighted by molar-refractivity contribution is -0.119. The molecule has 0 saturated heterocycles. The monoisotopic (exact) mass is 377 g/mol. The van der Waals surface area contributed by atoms with Gasteiger partial charge in [-0.05, 0) is 55.4 Å². The molecule has 0 heterocycles. The van der Waals surface area contributed by atoms with E-state index in [0.29, 0.717) is 11.7 Å². The second kappa shape index (κ2) is 9.39. The van der Waals surface area contributed by atoms with Crippen molar-refractivity contribution in [1.82, 2.24) is 16.2 Å². The SMILES string of the molecule is Cc1ccc(SCC(=O)NNC(=S)NCc2ccc(F)cc2)c(C)c1. The Balaban J connectivity index is 1.68. The maximum Gasteiger partial charge on any atom is 0.248 e. The van der Waals surface area contributed by atoms with E-state index in [1.807, 2.05) is 26.0 Å². The summed E-state index contributed by atoms with van der Waals surface area (Å²) in [6.07, 6.45) is 0. The van der Waals surface area contributed by atoms with Crippen LogP contribution in [0.1, 0.15) is 16.7 Å². The van der Waals surface area contributed by atoms with Crippen molar-refractivity contribution in [3.63, 3.8) is 0 Å². The molecule has 0 aliphatic carbocycles. The second-order valence-electron chi connectivity index (χ2n) is 5.54. The van der Waals surface area contributed by atoms with Gasteiger partial charge in [0.2, 0.25) is 5.91 Å². The Hall–Kier alpha value is -2.12. The quantitative estimate of drug-likeness (QED) is 0.424. The number of hydrogen-bond donors (Lipinski definition) is 3. The van der Waals surface area contributed by atoms with Crippen LogP contribution in [0.25, 0.3) is 0 Å². The molecule has 1 amide bonds. The molecule has 0 spiro atoms. The van der Waals surface area contributed by atoms with Crippen molar-refractivity contribution in [3.05, 3.63) is 65.0 Å². The molecule has 132 valence electrons. The van der Waals surface area contributed by atoms with Crippen LogP contribution in [0.15, 0.2) is 47.4 Å². The van der Waals surface area contributed by atoms with E-state index in [4.69, 9.17) is 12.2 Å². The number of halogens is 1. The Bertz CT molecular complexity index is 750. The van der Waals surface area contributed by atoms with Crippen LogP contribution in [-0.4, -0.2) is 16.8 Å². The zero-order valence-corrected chi connectivity index (χ0v) is 15.7. The highest BCUT2D eigenvalue weighted by Gasteiger charge is 2.05. The van der Waals surface area contributed by atoms with Gasteiger partial charge in [0.15, 0.2) is 5.11 Å². The zero-order chi connectivity index (χ0) is 18.2. The summed E-state index contributed by atoms with van der Waals surface area (Å²) in [7, 11) is 0. The van der Waals surface area contributed by atoms with E-state index in [1.165, 1.54) is 29.5 Å². The Kier molecular flexibility index (Phi) is 7.21. The number of amides is 1. The van der Waals surface area contributed by atoms with Crippen molar-refractivity contribution < 1.29 is 9.18 Å². The maximum absolute atomic E-state index is 12.8. The Morgan fingerprint density at radius 2 is 1.84 bits per heavy atom. The van der Waals surface area contributed by atoms with E-state index < -0.39 is 0 Å². The summed E-state index contributed by atoms with van der Waals surface area (Å²) in [6.45, 7) is 4.51. The summed E-state index contributed by atoms with van der Waals surface area (Å²) in [5, 5.41) is 3.24. The first-order valence-electron chi connectivity index (χ1n) is 7.71. The average Bonchev–Trinajstić information content (AvgIpc) is 2.58. The van der Waals surface area contributed by atoms with E-state index >= 15 is 0 Å². The molecule has 25 heavy (non-hydrogen) atoms. The van der Waals surface area contributed by atoms with Gasteiger partial charge in [-0.1, -0.05) is 29.8 Å². The molecule has 0 radical (unpaired) electrons. The van der Waals surface area contributed by atoms with Crippen LogP contribution in [0.3, 0.4) is 0 Å². The largest absolute Gasteiger partial charge is 0.357 e. The lowest BCUT2D eigenvalue weighted by Gasteiger charge is -2.12. The number of aryl methyl sites for hydroxylation is 2. The average molecular weight is 378 g/mol. The van der Waals surface area contributed by atoms with Gasteiger partial charge in [-0.3, -0.25) is 15.6 Å². The van der Waals surface area contributed by atoms with Crippen LogP contribution < -0.4 is 16.2 Å². The number of carbonyl (C=O) groups is 1. The molecular formula is C18H20FN3OS2. The van der Waals surface area contributed by atoms with Gasteiger partial charge in [0, 0.05) is 11.4 Å². The van der Waals surface area contributed by atoms with Gasteiger partial charge < -0.3 is 5.32 Å². The molecule has 0 atom stereocenters. The lowest BCUT2D eigenvalue weighted by Crippen LogP contribution is -2.47. The molecule has 0 unspecified atom stereocenters. The smallest absolute Gasteiger partial charge is 0.248 e. The first-order valence-corrected chi connectivity index (χ1v) is 9.10. The van der Waals surface area contributed by atoms with Crippen molar-refractivity contribution in [2.75, 3.05) is 5.75 Å². The summed E-state index contributed by atoms with van der Waals surface area (Å²) < 4.78 is 12.8. The molecule has 3 N–H and O–H groups in total. The molecule has 2 aromatic rings. The molecule has 2 rings (SSSR count). The van der Waals surface area contributed by atoms with Crippen LogP contribution in [-0.2, 0) is 11.3 Å². The normalized spacial score (nSPS) is 10.2. The number of hydrogen-bond acceptors (Lipinski definition) is 3. The van der Waals surface area contributed by atoms with Gasteiger partial charge in [0.25, 0.3) is 0 Å². The topological polar surface area (TPSA) is 53.2 Å². The fourth-order valence-corrected chi connectivity index (χ4v) is 3.03. The van der Waals surface area contributed by atoms with Crippen LogP contribution >= 0.6 is 24.0 Å². The third-order valence-electron chi connectivity index (χ3n) is 3.37. The van der Waals surface area contributed by atoms with Crippen molar-refractivity contribution >= 4 is 35.0 Å². The molecule has 0 aliphatic heterocycles. The van der Waals surface area contributed by atoms with E-state index in [1.54, 1.807) is 12.1 Å². The van der Waals surface area contributed by atoms with Crippen LogP contribution in [0, 0.1) is 19.7 Å². The second-order valence-corrected chi connectivity index (χ2v) is 6.97. The fourth-order valence-electron chi connectivity index (χ4n) is 2.10. The van der Waals surface area contributed by atoms with E-state index in [0.717, 1.165) is 16.0 Å². The number of hydrazine groups is 1. The van der Waals surface area contributed by atoms with Crippen molar-refractivity contribution in [1.29, 1.82) is 0 Å². The Morgan fingerprint density at radius 1 is 1.12 bits per heavy atom. The standard InChI is InChI=1S/C18H20FN3OS2/c1-12-3-8-16(13(2)9-12)25-11-17(23)21-22-18(24)20-10-14-4-6-15(19)7-5-14/h3-9H,10-11H2,1-2H3,(H,21,23)(H2,20,22,24). The molecule has 0 aliphatic rings. The predicted octanol–water partition coefficient (Wildman–Crippen LogP) is 3.23. The minimum Gasteiger partial charge on any atom is -0.357 e. The van der Waals surface area contributed by atoms with Gasteiger partial charge in [-0.2, -0.15) is 0 Å². The van der Waals surface area contributed by atoms with Gasteiger partial charge >= 0.3 is 0 Å². The number of nitrogens with one attached hydrogen (secondary N) is 3. The van der Waals surface area contributed by atoms with E-state index in [-0.39, 0.29) is 17.5 Å². The van der Waals surface area contributed by atoms with Crippen molar-refractivity contribution in [3.8, 4) is 0 Å². The first kappa shape index (κ1) is 19.2. The number of rotatable bonds is 5. The van der Waals surface area contributed by atoms with Crippen LogP contribution in [0.5, 0.6) is 0 Å². The van der Waals surface area contributed by atoms with E-state index in [2.05, 4.69) is 22.2 Å². The number of carbonyl (C=O) groups excluding carboxylic acids is 1. The molecule has 0 bridgehead atoms. The van der Waals surface area contributed by atoms with Crippen molar-refractivity contribution in [2.45, 2.75) is 25.3 Å². The predicted molar refractivity (Wildman–Crippen MR) is 104 cm³/mol. The molecule has 0 saturated carbocycles. The maximum atomic E-state index is 12.8. The van der Waals surface area contributed by atoms with E-state index in [9.17, 15) is 9.18 Å². The van der Waals surface area contributed by atoms with Gasteiger partial charge in [0.1, 0.15) is 5.82 Å². The molecule has 7 heteroatoms. The summed E-state index contributed by atoms with van der Waals surface area (Å²) in [6, 6.07) is 12.3. The third kappa shape index (κ3) is 6.72. The molecule has 2 aromatic carbocycles. The molecular weight excluding hydrogens is 357 g/mol. The fraction of sp³-hybridized carbons (Fsp3) is 0.222. The molecule has 0 aromatic heterocycles. The van der Waals surface area contributed by atoms with Crippen LogP contribution in [0.4, 0.5) is 4.39 Å². The summed E-state index contributed by atoms with van der Waals surface area (Å²) in [4.78, 5) is 13.0. The van der Waals surface area contributed by atoms with Gasteiger partial charge in [-0.15, -0.1) is 11.8 Å². The number of benzene rings is 2. The number of thiocarbonyl (C=S) groups is 1. The summed E-state index contributed by atoms with van der Waals surface area (Å²) in [5.41, 5.74) is 8.46.